The van der Waals surface area contributed by atoms with Gasteiger partial charge in [-0.25, -0.2) is 18.3 Å². The Kier molecular flexibility index (Phi) is 7.57. The molecule has 0 spiro atoms. The van der Waals surface area contributed by atoms with E-state index in [9.17, 15) is 10.5 Å². The minimum atomic E-state index is 0.501. The van der Waals surface area contributed by atoms with E-state index in [-0.39, 0.29) is 0 Å². The lowest BCUT2D eigenvalue weighted by molar-refractivity contribution is -0.671. The first-order chi connectivity index (χ1) is 17.4. The van der Waals surface area contributed by atoms with Crippen molar-refractivity contribution in [3.05, 3.63) is 77.2 Å². The SMILES string of the molecule is Cc1cc(N(CCn2cc[n+](C)c2)CCn2cc[n+](C)c2)ccc1NNc1sc(C#N)c(C)c1C#N. The van der Waals surface area contributed by atoms with E-state index in [2.05, 4.69) is 81.1 Å². The molecule has 0 bridgehead atoms. The Balaban J connectivity index is 1.49. The molecule has 184 valence electrons. The quantitative estimate of drug-likeness (QED) is 0.257. The summed E-state index contributed by atoms with van der Waals surface area (Å²) in [5, 5.41) is 19.4. The number of nitrogens with zero attached hydrogens (tertiary/aromatic N) is 7. The summed E-state index contributed by atoms with van der Waals surface area (Å²) in [7, 11) is 4.06. The lowest BCUT2D eigenvalue weighted by atomic mass is 10.1. The van der Waals surface area contributed by atoms with Crippen LogP contribution in [0.15, 0.2) is 55.6 Å². The minimum Gasteiger partial charge on any atom is -0.364 e. The first-order valence-electron chi connectivity index (χ1n) is 11.7. The maximum Gasteiger partial charge on any atom is 0.243 e. The molecule has 0 aliphatic rings. The van der Waals surface area contributed by atoms with Gasteiger partial charge in [-0.3, -0.25) is 10.9 Å². The highest BCUT2D eigenvalue weighted by atomic mass is 32.1. The number of rotatable bonds is 10. The number of hydrogen-bond donors (Lipinski definition) is 2. The summed E-state index contributed by atoms with van der Waals surface area (Å²) >= 11 is 1.28. The maximum atomic E-state index is 9.49. The van der Waals surface area contributed by atoms with Crippen molar-refractivity contribution in [1.82, 2.24) is 9.13 Å². The lowest BCUT2D eigenvalue weighted by Gasteiger charge is -2.24. The van der Waals surface area contributed by atoms with Crippen LogP contribution >= 0.6 is 11.3 Å². The summed E-state index contributed by atoms with van der Waals surface area (Å²) in [5.41, 5.74) is 10.7. The third kappa shape index (κ3) is 5.68. The van der Waals surface area contributed by atoms with E-state index in [1.165, 1.54) is 11.3 Å². The zero-order valence-electron chi connectivity index (χ0n) is 21.1. The fourth-order valence-corrected chi connectivity index (χ4v) is 4.97. The van der Waals surface area contributed by atoms with Crippen molar-refractivity contribution in [3.63, 3.8) is 0 Å². The van der Waals surface area contributed by atoms with Gasteiger partial charge in [-0.2, -0.15) is 10.5 Å². The molecule has 0 unspecified atom stereocenters. The van der Waals surface area contributed by atoms with Crippen molar-refractivity contribution in [2.45, 2.75) is 26.9 Å². The third-order valence-electron chi connectivity index (χ3n) is 6.15. The van der Waals surface area contributed by atoms with E-state index in [1.807, 2.05) is 41.7 Å². The van der Waals surface area contributed by atoms with E-state index < -0.39 is 0 Å². The molecule has 0 fully saturated rings. The average molecular weight is 502 g/mol. The normalized spacial score (nSPS) is 10.6. The highest BCUT2D eigenvalue weighted by Crippen LogP contribution is 2.32. The van der Waals surface area contributed by atoms with Gasteiger partial charge in [0, 0.05) is 5.69 Å². The highest BCUT2D eigenvalue weighted by Gasteiger charge is 2.16. The zero-order valence-corrected chi connectivity index (χ0v) is 21.9. The Hall–Kier alpha value is -4.28. The van der Waals surface area contributed by atoms with E-state index in [4.69, 9.17) is 0 Å². The van der Waals surface area contributed by atoms with Crippen LogP contribution in [0, 0.1) is 36.5 Å². The van der Waals surface area contributed by atoms with Crippen LogP contribution in [0.4, 0.5) is 16.4 Å². The second-order valence-electron chi connectivity index (χ2n) is 8.85. The predicted molar refractivity (Wildman–Crippen MR) is 140 cm³/mol. The van der Waals surface area contributed by atoms with Gasteiger partial charge >= 0.3 is 0 Å². The molecule has 4 aromatic rings. The van der Waals surface area contributed by atoms with Crippen LogP contribution in [0.5, 0.6) is 0 Å². The number of nitrogens with one attached hydrogen (secondary N) is 2. The fraction of sp³-hybridized carbons (Fsp3) is 0.308. The largest absolute Gasteiger partial charge is 0.364 e. The maximum absolute atomic E-state index is 9.49. The first kappa shape index (κ1) is 24.8. The number of nitriles is 2. The standard InChI is InChI=1S/C26H31N9S/c1-20-15-22(5-6-24(20)29-30-26-23(16-27)21(2)25(17-28)36-26)35(13-11-33-9-7-31(3)18-33)14-12-34-10-8-32(4)19-34/h5-10,15,18-19,29-30H,11-14H2,1-4H3/q+2. The fourth-order valence-electron chi connectivity index (χ4n) is 4.06. The van der Waals surface area contributed by atoms with Gasteiger partial charge in [0.1, 0.15) is 59.9 Å². The van der Waals surface area contributed by atoms with E-state index in [0.29, 0.717) is 21.0 Å². The molecule has 10 heteroatoms. The van der Waals surface area contributed by atoms with Gasteiger partial charge in [0.05, 0.1) is 38.4 Å². The molecule has 3 heterocycles. The van der Waals surface area contributed by atoms with Crippen LogP contribution in [0.2, 0.25) is 0 Å². The average Bonchev–Trinajstić information content (AvgIpc) is 3.56. The van der Waals surface area contributed by atoms with Crippen LogP contribution in [0.3, 0.4) is 0 Å². The molecule has 0 radical (unpaired) electrons. The number of hydrazine groups is 1. The van der Waals surface area contributed by atoms with Gasteiger partial charge < -0.3 is 4.90 Å². The Bertz CT molecular complexity index is 1390. The smallest absolute Gasteiger partial charge is 0.243 e. The van der Waals surface area contributed by atoms with Crippen molar-refractivity contribution in [1.29, 1.82) is 10.5 Å². The monoisotopic (exact) mass is 501 g/mol. The molecular formula is C26H31N9S+2. The number of hydrogen-bond acceptors (Lipinski definition) is 6. The predicted octanol–water partition coefficient (Wildman–Crippen LogP) is 3.01. The van der Waals surface area contributed by atoms with Gasteiger partial charge in [-0.1, -0.05) is 0 Å². The van der Waals surface area contributed by atoms with Gasteiger partial charge in [0.2, 0.25) is 12.7 Å². The summed E-state index contributed by atoms with van der Waals surface area (Å²) in [5.74, 6) is 0. The van der Waals surface area contributed by atoms with Crippen molar-refractivity contribution in [2.75, 3.05) is 28.8 Å². The van der Waals surface area contributed by atoms with E-state index in [1.54, 1.807) is 6.92 Å². The topological polar surface area (TPSA) is 92.5 Å². The molecule has 2 N–H and O–H groups in total. The number of benzene rings is 1. The molecule has 0 saturated heterocycles. The van der Waals surface area contributed by atoms with Gasteiger partial charge in [-0.15, -0.1) is 11.3 Å². The Morgan fingerprint density at radius 1 is 0.944 bits per heavy atom. The van der Waals surface area contributed by atoms with Crippen molar-refractivity contribution < 1.29 is 9.13 Å². The van der Waals surface area contributed by atoms with Crippen LogP contribution in [-0.4, -0.2) is 22.2 Å². The minimum absolute atomic E-state index is 0.501. The Morgan fingerprint density at radius 3 is 2.08 bits per heavy atom. The van der Waals surface area contributed by atoms with Crippen LogP contribution in [0.25, 0.3) is 0 Å². The number of anilines is 3. The van der Waals surface area contributed by atoms with Gasteiger partial charge in [0.25, 0.3) is 0 Å². The molecule has 1 aromatic carbocycles. The Labute approximate surface area is 215 Å². The van der Waals surface area contributed by atoms with Crippen LogP contribution < -0.4 is 24.9 Å². The lowest BCUT2D eigenvalue weighted by Crippen LogP contribution is -2.32. The van der Waals surface area contributed by atoms with Gasteiger partial charge in [-0.05, 0) is 43.2 Å². The number of imidazole rings is 2. The highest BCUT2D eigenvalue weighted by molar-refractivity contribution is 7.17. The third-order valence-corrected chi connectivity index (χ3v) is 7.26. The molecule has 0 atom stereocenters. The number of aromatic nitrogens is 4. The summed E-state index contributed by atoms with van der Waals surface area (Å²) < 4.78 is 8.49. The van der Waals surface area contributed by atoms with Crippen LogP contribution in [-0.2, 0) is 27.2 Å². The second kappa shape index (κ2) is 11.0. The van der Waals surface area contributed by atoms with E-state index >= 15 is 0 Å². The van der Waals surface area contributed by atoms with Crippen molar-refractivity contribution in [3.8, 4) is 12.1 Å². The molecule has 4 rings (SSSR count). The first-order valence-corrected chi connectivity index (χ1v) is 12.5. The van der Waals surface area contributed by atoms with Crippen molar-refractivity contribution >= 4 is 27.7 Å². The molecule has 0 aliphatic heterocycles. The second-order valence-corrected chi connectivity index (χ2v) is 9.87. The van der Waals surface area contributed by atoms with Gasteiger partial charge in [0.15, 0.2) is 0 Å². The number of aryl methyl sites for hydroxylation is 3. The molecule has 36 heavy (non-hydrogen) atoms. The zero-order chi connectivity index (χ0) is 25.7. The summed E-state index contributed by atoms with van der Waals surface area (Å²) in [4.78, 5) is 2.95. The molecule has 0 aliphatic carbocycles. The summed E-state index contributed by atoms with van der Waals surface area (Å²) in [6.45, 7) is 7.39. The van der Waals surface area contributed by atoms with E-state index in [0.717, 1.165) is 43.1 Å². The number of thiophene rings is 1. The summed E-state index contributed by atoms with van der Waals surface area (Å²) in [6.07, 6.45) is 12.5. The molecule has 0 amide bonds. The van der Waals surface area contributed by atoms with Crippen molar-refractivity contribution in [2.24, 2.45) is 14.1 Å². The van der Waals surface area contributed by atoms with Crippen LogP contribution in [0.1, 0.15) is 21.6 Å². The molecule has 3 aromatic heterocycles. The molecular weight excluding hydrogens is 470 g/mol. The molecule has 0 saturated carbocycles. The molecule has 9 nitrogen and oxygen atoms in total. The Morgan fingerprint density at radius 2 is 1.58 bits per heavy atom. The summed E-state index contributed by atoms with van der Waals surface area (Å²) in [6, 6.07) is 10.7.